The topological polar surface area (TPSA) is 0 Å². The Morgan fingerprint density at radius 1 is 0.224 bits per heavy atom. The van der Waals surface area contributed by atoms with Crippen molar-refractivity contribution >= 4 is 64.6 Å². The first-order valence-corrected chi connectivity index (χ1v) is 17.2. The van der Waals surface area contributed by atoms with E-state index in [9.17, 15) is 0 Å². The molecule has 0 saturated carbocycles. The second kappa shape index (κ2) is 10.1. The molecule has 1 aliphatic carbocycles. The SMILES string of the molecule is c1ccc2c(c1)c1ccccc1c1cc(-c3ccc4c(c3)-c3cc(-c5ccc6c7ccccc7c7ccccc7c6c5)ccc3C4)ccc21. The molecule has 0 N–H and O–H groups in total. The van der Waals surface area contributed by atoms with Gasteiger partial charge < -0.3 is 0 Å². The van der Waals surface area contributed by atoms with Crippen LogP contribution in [0.3, 0.4) is 0 Å². The molecule has 0 radical (unpaired) electrons. The molecule has 0 heteroatoms. The smallest absolute Gasteiger partial charge is 0.00134 e. The third-order valence-electron chi connectivity index (χ3n) is 11.0. The van der Waals surface area contributed by atoms with Crippen LogP contribution >= 0.6 is 0 Å². The molecule has 1 aliphatic rings. The van der Waals surface area contributed by atoms with E-state index in [0.29, 0.717) is 0 Å². The lowest BCUT2D eigenvalue weighted by molar-refractivity contribution is 1.26. The van der Waals surface area contributed by atoms with Gasteiger partial charge >= 0.3 is 0 Å². The van der Waals surface area contributed by atoms with E-state index in [1.165, 1.54) is 109 Å². The maximum atomic E-state index is 2.43. The molecule has 0 saturated heterocycles. The van der Waals surface area contributed by atoms with Crippen molar-refractivity contribution in [2.75, 3.05) is 0 Å². The summed E-state index contributed by atoms with van der Waals surface area (Å²) < 4.78 is 0. The molecule has 0 aromatic heterocycles. The highest BCUT2D eigenvalue weighted by Crippen LogP contribution is 2.43. The molecule has 10 aromatic rings. The van der Waals surface area contributed by atoms with Gasteiger partial charge in [0.15, 0.2) is 0 Å². The lowest BCUT2D eigenvalue weighted by atomic mass is 9.90. The van der Waals surface area contributed by atoms with Gasteiger partial charge in [0.25, 0.3) is 0 Å². The van der Waals surface area contributed by atoms with E-state index in [0.717, 1.165) is 6.42 Å². The van der Waals surface area contributed by atoms with E-state index in [1.807, 2.05) is 0 Å². The van der Waals surface area contributed by atoms with Crippen LogP contribution in [-0.4, -0.2) is 0 Å². The lowest BCUT2D eigenvalue weighted by Gasteiger charge is -2.13. The summed E-state index contributed by atoms with van der Waals surface area (Å²) in [6, 6.07) is 63.5. The van der Waals surface area contributed by atoms with E-state index in [4.69, 9.17) is 0 Å². The minimum absolute atomic E-state index is 0.980. The minimum Gasteiger partial charge on any atom is -0.0616 e. The van der Waals surface area contributed by atoms with E-state index in [-0.39, 0.29) is 0 Å². The molecule has 10 aromatic carbocycles. The Morgan fingerprint density at radius 3 is 0.837 bits per heavy atom. The quantitative estimate of drug-likeness (QED) is 0.169. The summed E-state index contributed by atoms with van der Waals surface area (Å²) in [5, 5.41) is 15.7. The monoisotopic (exact) mass is 618 g/mol. The molecule has 0 fully saturated rings. The van der Waals surface area contributed by atoms with Crippen LogP contribution in [0.5, 0.6) is 0 Å². The summed E-state index contributed by atoms with van der Waals surface area (Å²) in [5.74, 6) is 0. The second-order valence-corrected chi connectivity index (χ2v) is 13.6. The summed E-state index contributed by atoms with van der Waals surface area (Å²) >= 11 is 0. The maximum Gasteiger partial charge on any atom is -0.00134 e. The summed E-state index contributed by atoms with van der Waals surface area (Å²) in [6.07, 6.45) is 0.980. The van der Waals surface area contributed by atoms with E-state index in [1.54, 1.807) is 0 Å². The molecule has 0 atom stereocenters. The van der Waals surface area contributed by atoms with Crippen molar-refractivity contribution in [1.29, 1.82) is 0 Å². The van der Waals surface area contributed by atoms with E-state index < -0.39 is 0 Å². The largest absolute Gasteiger partial charge is 0.0616 e. The van der Waals surface area contributed by atoms with Crippen LogP contribution in [0.2, 0.25) is 0 Å². The van der Waals surface area contributed by atoms with Gasteiger partial charge in [0.1, 0.15) is 0 Å². The molecular formula is C49H30. The van der Waals surface area contributed by atoms with Crippen molar-refractivity contribution in [3.05, 3.63) is 181 Å². The summed E-state index contributed by atoms with van der Waals surface area (Å²) in [4.78, 5) is 0. The van der Waals surface area contributed by atoms with E-state index in [2.05, 4.69) is 170 Å². The van der Waals surface area contributed by atoms with Crippen LogP contribution in [0, 0.1) is 0 Å². The second-order valence-electron chi connectivity index (χ2n) is 13.6. The van der Waals surface area contributed by atoms with Gasteiger partial charge in [-0.15, -0.1) is 0 Å². The zero-order chi connectivity index (χ0) is 32.1. The van der Waals surface area contributed by atoms with Crippen molar-refractivity contribution in [2.45, 2.75) is 6.42 Å². The molecule has 0 nitrogen and oxygen atoms in total. The Labute approximate surface area is 284 Å². The first-order valence-electron chi connectivity index (χ1n) is 17.2. The van der Waals surface area contributed by atoms with Crippen molar-refractivity contribution in [1.82, 2.24) is 0 Å². The standard InChI is InChI=1S/C49H30/c1-3-13-40-36(9-1)38-11-5-7-15-42(38)48-28-32(21-23-44(40)48)30-17-19-34-25-35-20-18-31(27-47(35)46(34)26-30)33-22-24-45-41-14-4-2-10-37(41)39-12-6-8-16-43(39)49(45)29-33/h1-24,26-29H,25H2. The Kier molecular flexibility index (Phi) is 5.54. The Balaban J connectivity index is 1.05. The third kappa shape index (κ3) is 3.92. The molecule has 11 rings (SSSR count). The molecule has 0 aliphatic heterocycles. The lowest BCUT2D eigenvalue weighted by Crippen LogP contribution is -1.87. The molecule has 49 heavy (non-hydrogen) atoms. The van der Waals surface area contributed by atoms with Gasteiger partial charge in [-0.2, -0.15) is 0 Å². The maximum absolute atomic E-state index is 2.43. The molecule has 0 unspecified atom stereocenters. The molecule has 0 heterocycles. The number of hydrogen-bond donors (Lipinski definition) is 0. The van der Waals surface area contributed by atoms with Gasteiger partial charge in [-0.25, -0.2) is 0 Å². The first kappa shape index (κ1) is 26.8. The van der Waals surface area contributed by atoms with Crippen molar-refractivity contribution in [2.24, 2.45) is 0 Å². The Morgan fingerprint density at radius 2 is 0.490 bits per heavy atom. The highest BCUT2D eigenvalue weighted by molar-refractivity contribution is 6.27. The van der Waals surface area contributed by atoms with Crippen molar-refractivity contribution in [3.8, 4) is 33.4 Å². The van der Waals surface area contributed by atoms with Crippen LogP contribution in [0.15, 0.2) is 170 Å². The van der Waals surface area contributed by atoms with Crippen LogP contribution < -0.4 is 0 Å². The fraction of sp³-hybridized carbons (Fsp3) is 0.0204. The predicted octanol–water partition coefficient (Wildman–Crippen LogP) is 13.5. The number of rotatable bonds is 2. The number of benzene rings is 10. The third-order valence-corrected chi connectivity index (χ3v) is 11.0. The average molecular weight is 619 g/mol. The average Bonchev–Trinajstić information content (AvgIpc) is 3.55. The zero-order valence-corrected chi connectivity index (χ0v) is 26.9. The summed E-state index contributed by atoms with van der Waals surface area (Å²) in [7, 11) is 0. The molecule has 0 spiro atoms. The summed E-state index contributed by atoms with van der Waals surface area (Å²) in [5.41, 5.74) is 10.6. The van der Waals surface area contributed by atoms with Crippen LogP contribution in [0.4, 0.5) is 0 Å². The Hall–Kier alpha value is -6.24. The Bertz CT molecular complexity index is 2740. The minimum atomic E-state index is 0.980. The van der Waals surface area contributed by atoms with Gasteiger partial charge in [-0.05, 0) is 140 Å². The van der Waals surface area contributed by atoms with Crippen LogP contribution in [0.25, 0.3) is 98.0 Å². The molecular weight excluding hydrogens is 589 g/mol. The molecule has 0 amide bonds. The fourth-order valence-electron chi connectivity index (χ4n) is 8.70. The van der Waals surface area contributed by atoms with Gasteiger partial charge in [0, 0.05) is 0 Å². The highest BCUT2D eigenvalue weighted by Gasteiger charge is 2.21. The highest BCUT2D eigenvalue weighted by atomic mass is 14.2. The molecule has 0 bridgehead atoms. The first-order chi connectivity index (χ1) is 24.3. The van der Waals surface area contributed by atoms with Crippen molar-refractivity contribution < 1.29 is 0 Å². The number of hydrogen-bond acceptors (Lipinski definition) is 0. The van der Waals surface area contributed by atoms with Crippen LogP contribution in [-0.2, 0) is 6.42 Å². The van der Waals surface area contributed by atoms with Gasteiger partial charge in [-0.3, -0.25) is 0 Å². The van der Waals surface area contributed by atoms with Gasteiger partial charge in [0.2, 0.25) is 0 Å². The van der Waals surface area contributed by atoms with Gasteiger partial charge in [0.05, 0.1) is 0 Å². The van der Waals surface area contributed by atoms with E-state index >= 15 is 0 Å². The van der Waals surface area contributed by atoms with Gasteiger partial charge in [-0.1, -0.05) is 146 Å². The van der Waals surface area contributed by atoms with Crippen LogP contribution in [0.1, 0.15) is 11.1 Å². The normalized spacial score (nSPS) is 12.4. The van der Waals surface area contributed by atoms with Crippen molar-refractivity contribution in [3.63, 3.8) is 0 Å². The summed E-state index contributed by atoms with van der Waals surface area (Å²) in [6.45, 7) is 0. The predicted molar refractivity (Wildman–Crippen MR) is 211 cm³/mol. The number of fused-ring (bicyclic) bond motifs is 15. The molecule has 226 valence electrons. The fourth-order valence-corrected chi connectivity index (χ4v) is 8.70. The zero-order valence-electron chi connectivity index (χ0n) is 26.9.